The monoisotopic (exact) mass is 198 g/mol. The molecule has 0 bridgehead atoms. The molecule has 2 N–H and O–H groups in total. The van der Waals surface area contributed by atoms with Gasteiger partial charge in [0.15, 0.2) is 0 Å². The third-order valence-electron chi connectivity index (χ3n) is 2.88. The molecule has 15 heavy (non-hydrogen) atoms. The van der Waals surface area contributed by atoms with Crippen molar-refractivity contribution < 1.29 is 10.2 Å². The maximum Gasteiger partial charge on any atom is 0.116 e. The highest BCUT2D eigenvalue weighted by molar-refractivity contribution is 5.78. The summed E-state index contributed by atoms with van der Waals surface area (Å²) in [5, 5.41) is 19.5. The van der Waals surface area contributed by atoms with Gasteiger partial charge in [-0.15, -0.1) is 0 Å². The van der Waals surface area contributed by atoms with E-state index >= 15 is 0 Å². The van der Waals surface area contributed by atoms with Crippen LogP contribution in [0.4, 0.5) is 0 Å². The van der Waals surface area contributed by atoms with Crippen molar-refractivity contribution in [2.45, 2.75) is 6.10 Å². The second kappa shape index (κ2) is 2.84. The zero-order chi connectivity index (χ0) is 10.4. The van der Waals surface area contributed by atoms with Gasteiger partial charge < -0.3 is 10.2 Å². The highest BCUT2D eigenvalue weighted by Crippen LogP contribution is 2.44. The minimum atomic E-state index is -0.559. The second-order valence-corrected chi connectivity index (χ2v) is 3.76. The van der Waals surface area contributed by atoms with Gasteiger partial charge in [0.2, 0.25) is 0 Å². The van der Waals surface area contributed by atoms with E-state index in [1.165, 1.54) is 0 Å². The van der Waals surface area contributed by atoms with E-state index in [0.29, 0.717) is 0 Å². The number of rotatable bonds is 0. The number of phenols is 1. The van der Waals surface area contributed by atoms with Gasteiger partial charge in [0.1, 0.15) is 11.9 Å². The first-order valence-corrected chi connectivity index (χ1v) is 4.87. The van der Waals surface area contributed by atoms with Gasteiger partial charge in [-0.1, -0.05) is 30.3 Å². The Balaban J connectivity index is 2.34. The third-order valence-corrected chi connectivity index (χ3v) is 2.88. The number of hydrogen-bond acceptors (Lipinski definition) is 2. The maximum absolute atomic E-state index is 10.0. The predicted molar refractivity (Wildman–Crippen MR) is 57.6 cm³/mol. The molecule has 2 nitrogen and oxygen atoms in total. The fourth-order valence-corrected chi connectivity index (χ4v) is 2.16. The summed E-state index contributed by atoms with van der Waals surface area (Å²) in [5.41, 5.74) is 3.72. The van der Waals surface area contributed by atoms with Crippen molar-refractivity contribution in [1.29, 1.82) is 0 Å². The predicted octanol–water partition coefficient (Wildman–Crippen LogP) is 2.45. The summed E-state index contributed by atoms with van der Waals surface area (Å²) >= 11 is 0. The molecule has 0 radical (unpaired) electrons. The summed E-state index contributed by atoms with van der Waals surface area (Å²) in [4.78, 5) is 0. The molecule has 1 aliphatic rings. The first kappa shape index (κ1) is 8.50. The third kappa shape index (κ3) is 1.09. The van der Waals surface area contributed by atoms with Crippen molar-refractivity contribution in [3.05, 3.63) is 53.6 Å². The second-order valence-electron chi connectivity index (χ2n) is 3.76. The van der Waals surface area contributed by atoms with Crippen LogP contribution in [0.2, 0.25) is 0 Å². The highest BCUT2D eigenvalue weighted by atomic mass is 16.3. The van der Waals surface area contributed by atoms with Crippen LogP contribution in [0.25, 0.3) is 11.1 Å². The van der Waals surface area contributed by atoms with Crippen LogP contribution < -0.4 is 0 Å². The molecule has 0 aliphatic heterocycles. The Kier molecular flexibility index (Phi) is 1.61. The molecule has 2 heteroatoms. The SMILES string of the molecule is Oc1ccc2c(c1)-c1ccccc1[C@@H]2O. The van der Waals surface area contributed by atoms with Crippen LogP contribution in [0.15, 0.2) is 42.5 Å². The lowest BCUT2D eigenvalue weighted by atomic mass is 10.1. The average molecular weight is 198 g/mol. The minimum Gasteiger partial charge on any atom is -0.508 e. The van der Waals surface area contributed by atoms with Crippen molar-refractivity contribution in [3.63, 3.8) is 0 Å². The number of aliphatic hydroxyl groups is 1. The first-order chi connectivity index (χ1) is 7.27. The topological polar surface area (TPSA) is 40.5 Å². The van der Waals surface area contributed by atoms with Gasteiger partial charge in [-0.3, -0.25) is 0 Å². The van der Waals surface area contributed by atoms with E-state index in [1.54, 1.807) is 18.2 Å². The lowest BCUT2D eigenvalue weighted by Gasteiger charge is -2.04. The first-order valence-electron chi connectivity index (χ1n) is 4.87. The van der Waals surface area contributed by atoms with Gasteiger partial charge in [-0.05, 0) is 34.4 Å². The van der Waals surface area contributed by atoms with Crippen LogP contribution in [0, 0.1) is 0 Å². The van der Waals surface area contributed by atoms with Gasteiger partial charge >= 0.3 is 0 Å². The number of aromatic hydroxyl groups is 1. The molecule has 74 valence electrons. The van der Waals surface area contributed by atoms with E-state index in [1.807, 2.05) is 24.3 Å². The zero-order valence-electron chi connectivity index (χ0n) is 8.01. The van der Waals surface area contributed by atoms with E-state index in [2.05, 4.69) is 0 Å². The lowest BCUT2D eigenvalue weighted by Crippen LogP contribution is -1.92. The smallest absolute Gasteiger partial charge is 0.116 e. The summed E-state index contributed by atoms with van der Waals surface area (Å²) in [6.07, 6.45) is -0.559. The Labute approximate surface area is 87.4 Å². The molecular formula is C13H10O2. The fraction of sp³-hybridized carbons (Fsp3) is 0.0769. The number of phenolic OH excluding ortho intramolecular Hbond substituents is 1. The van der Waals surface area contributed by atoms with Crippen LogP contribution in [-0.2, 0) is 0 Å². The minimum absolute atomic E-state index is 0.234. The van der Waals surface area contributed by atoms with E-state index in [9.17, 15) is 10.2 Å². The van der Waals surface area contributed by atoms with Crippen LogP contribution in [0.3, 0.4) is 0 Å². The van der Waals surface area contributed by atoms with Gasteiger partial charge in [0.05, 0.1) is 0 Å². The van der Waals surface area contributed by atoms with E-state index < -0.39 is 6.10 Å². The summed E-state index contributed by atoms with van der Waals surface area (Å²) in [6.45, 7) is 0. The number of hydrogen-bond donors (Lipinski definition) is 2. The van der Waals surface area contributed by atoms with E-state index in [0.717, 1.165) is 22.3 Å². The van der Waals surface area contributed by atoms with Crippen molar-refractivity contribution in [3.8, 4) is 16.9 Å². The van der Waals surface area contributed by atoms with Gasteiger partial charge in [-0.2, -0.15) is 0 Å². The standard InChI is InChI=1S/C13H10O2/c14-8-5-6-11-12(7-8)9-3-1-2-4-10(9)13(11)15/h1-7,13-15H/t13-/m0/s1. The lowest BCUT2D eigenvalue weighted by molar-refractivity contribution is 0.225. The van der Waals surface area contributed by atoms with Crippen LogP contribution in [0.1, 0.15) is 17.2 Å². The normalized spacial score (nSPS) is 17.3. The molecule has 0 spiro atoms. The fourth-order valence-electron chi connectivity index (χ4n) is 2.16. The van der Waals surface area contributed by atoms with E-state index in [4.69, 9.17) is 0 Å². The molecule has 0 fully saturated rings. The van der Waals surface area contributed by atoms with Crippen LogP contribution in [0.5, 0.6) is 5.75 Å². The molecule has 1 aliphatic carbocycles. The average Bonchev–Trinajstić information content (AvgIpc) is 2.54. The maximum atomic E-state index is 10.0. The molecule has 2 aromatic carbocycles. The Hall–Kier alpha value is -1.80. The Morgan fingerprint density at radius 3 is 2.47 bits per heavy atom. The summed E-state index contributed by atoms with van der Waals surface area (Å²) in [7, 11) is 0. The van der Waals surface area contributed by atoms with Crippen molar-refractivity contribution in [1.82, 2.24) is 0 Å². The van der Waals surface area contributed by atoms with Crippen molar-refractivity contribution >= 4 is 0 Å². The largest absolute Gasteiger partial charge is 0.508 e. The molecule has 1 atom stereocenters. The van der Waals surface area contributed by atoms with Crippen LogP contribution in [-0.4, -0.2) is 10.2 Å². The molecule has 0 aromatic heterocycles. The molecule has 2 aromatic rings. The molecule has 0 saturated carbocycles. The van der Waals surface area contributed by atoms with Gasteiger partial charge in [0, 0.05) is 0 Å². The van der Waals surface area contributed by atoms with Gasteiger partial charge in [0.25, 0.3) is 0 Å². The summed E-state index contributed by atoms with van der Waals surface area (Å²) in [5.74, 6) is 0.234. The highest BCUT2D eigenvalue weighted by Gasteiger charge is 2.26. The molecule has 0 saturated heterocycles. The zero-order valence-corrected chi connectivity index (χ0v) is 8.01. The van der Waals surface area contributed by atoms with Crippen molar-refractivity contribution in [2.75, 3.05) is 0 Å². The molecule has 0 amide bonds. The summed E-state index contributed by atoms with van der Waals surface area (Å²) < 4.78 is 0. The number of aliphatic hydroxyl groups excluding tert-OH is 1. The molecular weight excluding hydrogens is 188 g/mol. The quantitative estimate of drug-likeness (QED) is 0.682. The molecule has 3 rings (SSSR count). The Bertz CT molecular complexity index is 532. The molecule has 0 heterocycles. The van der Waals surface area contributed by atoms with Crippen LogP contribution >= 0.6 is 0 Å². The Morgan fingerprint density at radius 2 is 1.60 bits per heavy atom. The number of benzene rings is 2. The number of fused-ring (bicyclic) bond motifs is 3. The van der Waals surface area contributed by atoms with Gasteiger partial charge in [-0.25, -0.2) is 0 Å². The van der Waals surface area contributed by atoms with Crippen molar-refractivity contribution in [2.24, 2.45) is 0 Å². The summed E-state index contributed by atoms with van der Waals surface area (Å²) in [6, 6.07) is 12.8. The van der Waals surface area contributed by atoms with E-state index in [-0.39, 0.29) is 5.75 Å². The molecule has 0 unspecified atom stereocenters. The Morgan fingerprint density at radius 1 is 0.867 bits per heavy atom.